The van der Waals surface area contributed by atoms with Crippen LogP contribution in [-0.4, -0.2) is 46.6 Å². The number of amides is 2. The average molecular weight is 383 g/mol. The highest BCUT2D eigenvalue weighted by Gasteiger charge is 2.26. The summed E-state index contributed by atoms with van der Waals surface area (Å²) in [5.74, 6) is 1.61. The van der Waals surface area contributed by atoms with Gasteiger partial charge in [0.2, 0.25) is 0 Å². The largest absolute Gasteiger partial charge is 0.331 e. The summed E-state index contributed by atoms with van der Waals surface area (Å²) in [6, 6.07) is 9.54. The molecule has 1 atom stereocenters. The molecule has 28 heavy (non-hydrogen) atoms. The van der Waals surface area contributed by atoms with Crippen LogP contribution in [-0.2, 0) is 4.84 Å². The first-order valence-corrected chi connectivity index (χ1v) is 10.2. The first kappa shape index (κ1) is 19.0. The van der Waals surface area contributed by atoms with Crippen molar-refractivity contribution in [2.45, 2.75) is 45.1 Å². The van der Waals surface area contributed by atoms with Gasteiger partial charge in [0.25, 0.3) is 0 Å². The fourth-order valence-electron chi connectivity index (χ4n) is 3.80. The minimum Gasteiger partial charge on any atom is -0.331 e. The molecule has 2 heterocycles. The Bertz CT molecular complexity index is 787. The molecule has 1 saturated carbocycles. The summed E-state index contributed by atoms with van der Waals surface area (Å²) in [6.45, 7) is 4.13. The van der Waals surface area contributed by atoms with Gasteiger partial charge in [-0.2, -0.15) is 10.2 Å². The standard InChI is InChI=1S/C21H29N5O2/c1-16-13-22-26(19-10-3-2-4-11-19)20(16)24-21(27)23-18-14-25(28-15-18)12-6-9-17-7-5-8-17/h2-4,10-11,13,17-18H,5-9,12,14-15H2,1H3,(H2,23,24,27)/t18-/m1/s1. The van der Waals surface area contributed by atoms with Gasteiger partial charge in [-0.15, -0.1) is 0 Å². The molecule has 2 N–H and O–H groups in total. The topological polar surface area (TPSA) is 71.4 Å². The SMILES string of the molecule is Cc1cnn(-c2ccccc2)c1NC(=O)N[C@H]1CON(CCCC2CCC2)C1. The number of nitrogens with one attached hydrogen (secondary N) is 2. The summed E-state index contributed by atoms with van der Waals surface area (Å²) >= 11 is 0. The van der Waals surface area contributed by atoms with Crippen LogP contribution in [0.25, 0.3) is 5.69 Å². The third-order valence-corrected chi connectivity index (χ3v) is 5.65. The van der Waals surface area contributed by atoms with Gasteiger partial charge in [0.05, 0.1) is 24.5 Å². The number of para-hydroxylation sites is 1. The Balaban J connectivity index is 1.26. The van der Waals surface area contributed by atoms with Crippen molar-refractivity contribution in [3.05, 3.63) is 42.1 Å². The van der Waals surface area contributed by atoms with Crippen LogP contribution in [0.2, 0.25) is 0 Å². The molecule has 0 unspecified atom stereocenters. The molecule has 7 nitrogen and oxygen atoms in total. The molecule has 1 aliphatic carbocycles. The molecule has 1 aliphatic heterocycles. The van der Waals surface area contributed by atoms with Gasteiger partial charge in [-0.1, -0.05) is 37.5 Å². The van der Waals surface area contributed by atoms with Gasteiger partial charge in [-0.3, -0.25) is 10.2 Å². The molecule has 2 fully saturated rings. The van der Waals surface area contributed by atoms with E-state index in [1.54, 1.807) is 10.9 Å². The molecule has 1 aromatic carbocycles. The van der Waals surface area contributed by atoms with E-state index in [1.807, 2.05) is 42.3 Å². The lowest BCUT2D eigenvalue weighted by molar-refractivity contribution is -0.111. The summed E-state index contributed by atoms with van der Waals surface area (Å²) in [4.78, 5) is 18.2. The van der Waals surface area contributed by atoms with Crippen molar-refractivity contribution in [2.75, 3.05) is 25.0 Å². The van der Waals surface area contributed by atoms with Gasteiger partial charge in [-0.05, 0) is 37.8 Å². The zero-order chi connectivity index (χ0) is 19.3. The molecule has 0 radical (unpaired) electrons. The van der Waals surface area contributed by atoms with Crippen molar-refractivity contribution in [1.29, 1.82) is 0 Å². The Morgan fingerprint density at radius 2 is 2.11 bits per heavy atom. The molecule has 4 rings (SSSR count). The normalized spacial score (nSPS) is 20.1. The molecule has 150 valence electrons. The van der Waals surface area contributed by atoms with Crippen LogP contribution in [0, 0.1) is 12.8 Å². The number of aromatic nitrogens is 2. The lowest BCUT2D eigenvalue weighted by Crippen LogP contribution is -2.41. The zero-order valence-corrected chi connectivity index (χ0v) is 16.4. The van der Waals surface area contributed by atoms with Crippen LogP contribution in [0.4, 0.5) is 10.6 Å². The Kier molecular flexibility index (Phi) is 5.92. The third kappa shape index (κ3) is 4.54. The van der Waals surface area contributed by atoms with E-state index < -0.39 is 0 Å². The predicted octanol–water partition coefficient (Wildman–Crippen LogP) is 3.50. The van der Waals surface area contributed by atoms with E-state index in [2.05, 4.69) is 15.7 Å². The van der Waals surface area contributed by atoms with Crippen molar-refractivity contribution >= 4 is 11.8 Å². The first-order chi connectivity index (χ1) is 13.7. The van der Waals surface area contributed by atoms with E-state index >= 15 is 0 Å². The lowest BCUT2D eigenvalue weighted by atomic mass is 9.82. The van der Waals surface area contributed by atoms with Gasteiger partial charge in [0, 0.05) is 18.7 Å². The minimum absolute atomic E-state index is 0.00268. The van der Waals surface area contributed by atoms with Crippen molar-refractivity contribution in [2.24, 2.45) is 5.92 Å². The first-order valence-electron chi connectivity index (χ1n) is 10.2. The lowest BCUT2D eigenvalue weighted by Gasteiger charge is -2.25. The van der Waals surface area contributed by atoms with Crippen molar-refractivity contribution in [1.82, 2.24) is 20.2 Å². The molecule has 1 saturated heterocycles. The van der Waals surface area contributed by atoms with Crippen LogP contribution in [0.5, 0.6) is 0 Å². The Labute approximate surface area is 166 Å². The number of carbonyl (C=O) groups excluding carboxylic acids is 1. The smallest absolute Gasteiger partial charge is 0.320 e. The fourth-order valence-corrected chi connectivity index (χ4v) is 3.80. The van der Waals surface area contributed by atoms with E-state index in [0.29, 0.717) is 12.4 Å². The maximum absolute atomic E-state index is 12.5. The number of benzene rings is 1. The highest BCUT2D eigenvalue weighted by atomic mass is 16.7. The van der Waals surface area contributed by atoms with E-state index in [4.69, 9.17) is 4.84 Å². The summed E-state index contributed by atoms with van der Waals surface area (Å²) < 4.78 is 1.74. The highest BCUT2D eigenvalue weighted by Crippen LogP contribution is 2.30. The van der Waals surface area contributed by atoms with Crippen LogP contribution in [0.3, 0.4) is 0 Å². The summed E-state index contributed by atoms with van der Waals surface area (Å²) in [6.07, 6.45) is 8.40. The quantitative estimate of drug-likeness (QED) is 0.768. The second-order valence-corrected chi connectivity index (χ2v) is 7.84. The molecule has 7 heteroatoms. The van der Waals surface area contributed by atoms with Crippen molar-refractivity contribution < 1.29 is 9.63 Å². The zero-order valence-electron chi connectivity index (χ0n) is 16.4. The number of hydroxylamine groups is 2. The van der Waals surface area contributed by atoms with Crippen molar-refractivity contribution in [3.63, 3.8) is 0 Å². The molecule has 0 spiro atoms. The average Bonchev–Trinajstić information content (AvgIpc) is 3.25. The number of nitrogens with zero attached hydrogens (tertiary/aromatic N) is 3. The second-order valence-electron chi connectivity index (χ2n) is 7.84. The number of carbonyl (C=O) groups is 1. The summed E-state index contributed by atoms with van der Waals surface area (Å²) in [5.41, 5.74) is 1.83. The van der Waals surface area contributed by atoms with Crippen LogP contribution >= 0.6 is 0 Å². The number of hydrogen-bond donors (Lipinski definition) is 2. The molecule has 2 aromatic rings. The predicted molar refractivity (Wildman–Crippen MR) is 108 cm³/mol. The van der Waals surface area contributed by atoms with E-state index in [9.17, 15) is 4.79 Å². The molecular formula is C21H29N5O2. The number of hydrogen-bond acceptors (Lipinski definition) is 4. The van der Waals surface area contributed by atoms with E-state index in [1.165, 1.54) is 32.1 Å². The maximum atomic E-state index is 12.5. The van der Waals surface area contributed by atoms with Crippen LogP contribution in [0.15, 0.2) is 36.5 Å². The van der Waals surface area contributed by atoms with Gasteiger partial charge in [0.15, 0.2) is 0 Å². The minimum atomic E-state index is -0.231. The Morgan fingerprint density at radius 3 is 2.86 bits per heavy atom. The van der Waals surface area contributed by atoms with Gasteiger partial charge in [0.1, 0.15) is 5.82 Å². The van der Waals surface area contributed by atoms with Gasteiger partial charge < -0.3 is 5.32 Å². The number of aryl methyl sites for hydroxylation is 1. The van der Waals surface area contributed by atoms with Crippen molar-refractivity contribution in [3.8, 4) is 5.69 Å². The van der Waals surface area contributed by atoms with Crippen LogP contribution < -0.4 is 10.6 Å². The van der Waals surface area contributed by atoms with Crippen LogP contribution in [0.1, 0.15) is 37.7 Å². The molecule has 2 amide bonds. The Morgan fingerprint density at radius 1 is 1.29 bits per heavy atom. The van der Waals surface area contributed by atoms with E-state index in [-0.39, 0.29) is 12.1 Å². The number of rotatable bonds is 7. The third-order valence-electron chi connectivity index (χ3n) is 5.65. The Hall–Kier alpha value is -2.38. The molecule has 1 aromatic heterocycles. The maximum Gasteiger partial charge on any atom is 0.320 e. The monoisotopic (exact) mass is 383 g/mol. The van der Waals surface area contributed by atoms with Gasteiger partial charge in [-0.25, -0.2) is 9.48 Å². The number of anilines is 1. The molecular weight excluding hydrogens is 354 g/mol. The summed E-state index contributed by atoms with van der Waals surface area (Å²) in [7, 11) is 0. The summed E-state index contributed by atoms with van der Waals surface area (Å²) in [5, 5.41) is 12.3. The molecule has 2 aliphatic rings. The number of urea groups is 1. The fraction of sp³-hybridized carbons (Fsp3) is 0.524. The molecule has 0 bridgehead atoms. The van der Waals surface area contributed by atoms with Gasteiger partial charge >= 0.3 is 6.03 Å². The second kappa shape index (κ2) is 8.75. The van der Waals surface area contributed by atoms with E-state index in [0.717, 1.165) is 30.3 Å². The highest BCUT2D eigenvalue weighted by molar-refractivity contribution is 5.89.